The molecule has 0 spiro atoms. The lowest BCUT2D eigenvalue weighted by Gasteiger charge is -2.11. The van der Waals surface area contributed by atoms with Gasteiger partial charge in [0.15, 0.2) is 5.17 Å². The molecular weight excluding hydrogens is 352 g/mol. The minimum absolute atomic E-state index is 0.575. The Bertz CT molecular complexity index is 423. The van der Waals surface area contributed by atoms with Gasteiger partial charge in [0.1, 0.15) is 0 Å². The molecule has 86 valence electrons. The van der Waals surface area contributed by atoms with Crippen LogP contribution in [0.1, 0.15) is 12.5 Å². The highest BCUT2D eigenvalue weighted by molar-refractivity contribution is 9.11. The molecule has 2 rings (SSSR count). The minimum Gasteiger partial charge on any atom is -0.333 e. The SMILES string of the molecule is Cc1cc(Br)c(NC2=NCC(C)S2)c(Br)c1. The highest BCUT2D eigenvalue weighted by Gasteiger charge is 2.17. The summed E-state index contributed by atoms with van der Waals surface area (Å²) < 4.78 is 2.12. The molecule has 1 N–H and O–H groups in total. The topological polar surface area (TPSA) is 24.4 Å². The lowest BCUT2D eigenvalue weighted by molar-refractivity contribution is 0.976. The molecule has 0 amide bonds. The van der Waals surface area contributed by atoms with Gasteiger partial charge in [-0.15, -0.1) is 0 Å². The Balaban J connectivity index is 2.22. The van der Waals surface area contributed by atoms with E-state index >= 15 is 0 Å². The van der Waals surface area contributed by atoms with E-state index in [0.717, 1.165) is 26.3 Å². The highest BCUT2D eigenvalue weighted by atomic mass is 79.9. The average molecular weight is 364 g/mol. The van der Waals surface area contributed by atoms with E-state index in [1.807, 2.05) is 0 Å². The summed E-state index contributed by atoms with van der Waals surface area (Å²) in [6.07, 6.45) is 0. The molecule has 0 radical (unpaired) electrons. The monoisotopic (exact) mass is 362 g/mol. The van der Waals surface area contributed by atoms with Crippen molar-refractivity contribution in [2.24, 2.45) is 4.99 Å². The Morgan fingerprint density at radius 2 is 2.00 bits per heavy atom. The largest absolute Gasteiger partial charge is 0.333 e. The molecule has 1 heterocycles. The summed E-state index contributed by atoms with van der Waals surface area (Å²) >= 11 is 8.91. The second-order valence-corrected chi connectivity index (χ2v) is 6.94. The Hall–Kier alpha value is -0.000000000000000111. The van der Waals surface area contributed by atoms with Crippen LogP contribution in [0.4, 0.5) is 5.69 Å². The van der Waals surface area contributed by atoms with Gasteiger partial charge < -0.3 is 5.32 Å². The van der Waals surface area contributed by atoms with Gasteiger partial charge in [-0.05, 0) is 56.5 Å². The number of benzene rings is 1. The van der Waals surface area contributed by atoms with E-state index in [2.05, 4.69) is 68.1 Å². The number of nitrogens with zero attached hydrogens (tertiary/aromatic N) is 1. The molecule has 0 bridgehead atoms. The van der Waals surface area contributed by atoms with Crippen LogP contribution in [0.2, 0.25) is 0 Å². The van der Waals surface area contributed by atoms with Crippen molar-refractivity contribution in [1.82, 2.24) is 0 Å². The van der Waals surface area contributed by atoms with Crippen molar-refractivity contribution >= 4 is 54.5 Å². The van der Waals surface area contributed by atoms with Crippen molar-refractivity contribution in [3.8, 4) is 0 Å². The van der Waals surface area contributed by atoms with Crippen LogP contribution in [0.5, 0.6) is 0 Å². The summed E-state index contributed by atoms with van der Waals surface area (Å²) in [5.41, 5.74) is 2.27. The molecule has 0 aliphatic carbocycles. The van der Waals surface area contributed by atoms with Crippen LogP contribution >= 0.6 is 43.6 Å². The van der Waals surface area contributed by atoms with Crippen LogP contribution in [0.25, 0.3) is 0 Å². The summed E-state index contributed by atoms with van der Waals surface area (Å²) in [7, 11) is 0. The summed E-state index contributed by atoms with van der Waals surface area (Å²) in [4.78, 5) is 4.44. The fraction of sp³-hybridized carbons (Fsp3) is 0.364. The predicted octanol–water partition coefficient (Wildman–Crippen LogP) is 4.42. The Morgan fingerprint density at radius 1 is 1.38 bits per heavy atom. The van der Waals surface area contributed by atoms with Crippen molar-refractivity contribution < 1.29 is 0 Å². The molecule has 1 aromatic carbocycles. The molecule has 0 saturated carbocycles. The van der Waals surface area contributed by atoms with E-state index in [1.54, 1.807) is 11.8 Å². The molecule has 2 nitrogen and oxygen atoms in total. The number of nitrogens with one attached hydrogen (secondary N) is 1. The first kappa shape index (κ1) is 12.5. The van der Waals surface area contributed by atoms with E-state index in [0.29, 0.717) is 5.25 Å². The van der Waals surface area contributed by atoms with Crippen molar-refractivity contribution in [1.29, 1.82) is 0 Å². The number of hydrogen-bond donors (Lipinski definition) is 1. The number of aryl methyl sites for hydroxylation is 1. The Kier molecular flexibility index (Phi) is 3.97. The number of aliphatic imine (C=N–C) groups is 1. The molecule has 16 heavy (non-hydrogen) atoms. The van der Waals surface area contributed by atoms with Gasteiger partial charge in [0.25, 0.3) is 0 Å². The maximum Gasteiger partial charge on any atom is 0.161 e. The molecule has 1 aliphatic rings. The van der Waals surface area contributed by atoms with E-state index in [9.17, 15) is 0 Å². The van der Waals surface area contributed by atoms with Crippen LogP contribution < -0.4 is 5.32 Å². The molecule has 5 heteroatoms. The average Bonchev–Trinajstić information content (AvgIpc) is 2.58. The fourth-order valence-corrected chi connectivity index (χ4v) is 3.93. The first-order chi connectivity index (χ1) is 7.56. The van der Waals surface area contributed by atoms with E-state index < -0.39 is 0 Å². The maximum atomic E-state index is 4.44. The first-order valence-corrected chi connectivity index (χ1v) is 7.46. The number of amidine groups is 1. The predicted molar refractivity (Wildman–Crippen MR) is 79.6 cm³/mol. The molecule has 1 aliphatic heterocycles. The standard InChI is InChI=1S/C11H12Br2N2S/c1-6-3-8(12)10(9(13)4-6)15-11-14-5-7(2)16-11/h3-4,7H,5H2,1-2H3,(H,14,15). The van der Waals surface area contributed by atoms with Crippen LogP contribution in [0.3, 0.4) is 0 Å². The second-order valence-electron chi connectivity index (χ2n) is 3.80. The van der Waals surface area contributed by atoms with Gasteiger partial charge in [0, 0.05) is 14.2 Å². The Morgan fingerprint density at radius 3 is 2.50 bits per heavy atom. The van der Waals surface area contributed by atoms with Crippen LogP contribution in [0, 0.1) is 6.92 Å². The number of halogens is 2. The third-order valence-corrected chi connectivity index (χ3v) is 4.48. The van der Waals surface area contributed by atoms with Gasteiger partial charge >= 0.3 is 0 Å². The Labute approximate surface area is 117 Å². The van der Waals surface area contributed by atoms with E-state index in [1.165, 1.54) is 5.56 Å². The van der Waals surface area contributed by atoms with Gasteiger partial charge in [-0.2, -0.15) is 0 Å². The lowest BCUT2D eigenvalue weighted by atomic mass is 10.2. The molecule has 0 fully saturated rings. The first-order valence-electron chi connectivity index (χ1n) is 5.00. The maximum absolute atomic E-state index is 4.44. The second kappa shape index (κ2) is 5.10. The molecule has 0 saturated heterocycles. The smallest absolute Gasteiger partial charge is 0.161 e. The summed E-state index contributed by atoms with van der Waals surface area (Å²) in [6, 6.07) is 4.19. The molecule has 1 unspecified atom stereocenters. The quantitative estimate of drug-likeness (QED) is 0.798. The van der Waals surface area contributed by atoms with E-state index in [4.69, 9.17) is 0 Å². The summed E-state index contributed by atoms with van der Waals surface area (Å²) in [6.45, 7) is 5.15. The zero-order valence-electron chi connectivity index (χ0n) is 9.05. The molecular formula is C11H12Br2N2S. The normalized spacial score (nSPS) is 19.8. The summed E-state index contributed by atoms with van der Waals surface area (Å²) in [5.74, 6) is 0. The van der Waals surface area contributed by atoms with Gasteiger partial charge in [0.2, 0.25) is 0 Å². The van der Waals surface area contributed by atoms with Crippen molar-refractivity contribution in [2.75, 3.05) is 11.9 Å². The summed E-state index contributed by atoms with van der Waals surface area (Å²) in [5, 5.41) is 4.93. The highest BCUT2D eigenvalue weighted by Crippen LogP contribution is 2.34. The number of hydrogen-bond acceptors (Lipinski definition) is 3. The van der Waals surface area contributed by atoms with Gasteiger partial charge in [-0.1, -0.05) is 18.7 Å². The van der Waals surface area contributed by atoms with Crippen molar-refractivity contribution in [3.05, 3.63) is 26.6 Å². The third-order valence-electron chi connectivity index (χ3n) is 2.22. The van der Waals surface area contributed by atoms with Crippen molar-refractivity contribution in [2.45, 2.75) is 19.1 Å². The number of anilines is 1. The van der Waals surface area contributed by atoms with Crippen LogP contribution in [-0.2, 0) is 0 Å². The van der Waals surface area contributed by atoms with Crippen LogP contribution in [0.15, 0.2) is 26.1 Å². The van der Waals surface area contributed by atoms with Crippen molar-refractivity contribution in [3.63, 3.8) is 0 Å². The zero-order valence-corrected chi connectivity index (χ0v) is 13.0. The van der Waals surface area contributed by atoms with Crippen LogP contribution in [-0.4, -0.2) is 17.0 Å². The molecule has 1 atom stereocenters. The number of thioether (sulfide) groups is 1. The van der Waals surface area contributed by atoms with Gasteiger partial charge in [-0.25, -0.2) is 0 Å². The van der Waals surface area contributed by atoms with Gasteiger partial charge in [0.05, 0.1) is 12.2 Å². The minimum atomic E-state index is 0.575. The number of rotatable bonds is 1. The fourth-order valence-electron chi connectivity index (χ4n) is 1.47. The lowest BCUT2D eigenvalue weighted by Crippen LogP contribution is -2.07. The molecule has 0 aromatic heterocycles. The molecule has 1 aromatic rings. The van der Waals surface area contributed by atoms with Gasteiger partial charge in [-0.3, -0.25) is 4.99 Å². The van der Waals surface area contributed by atoms with E-state index in [-0.39, 0.29) is 0 Å². The zero-order chi connectivity index (χ0) is 11.7. The third kappa shape index (κ3) is 2.81.